The summed E-state index contributed by atoms with van der Waals surface area (Å²) in [5.74, 6) is -1.22. The zero-order valence-electron chi connectivity index (χ0n) is 11.4. The largest absolute Gasteiger partial charge is 0.468 e. The summed E-state index contributed by atoms with van der Waals surface area (Å²) in [5.41, 5.74) is 0. The minimum atomic E-state index is -3.98. The number of carbonyl (C=O) groups excluding carboxylic acids is 1. The van der Waals surface area contributed by atoms with Crippen molar-refractivity contribution < 1.29 is 22.3 Å². The molecule has 0 N–H and O–H groups in total. The topological polar surface area (TPSA) is 63.7 Å². The van der Waals surface area contributed by atoms with Crippen LogP contribution < -0.4 is 0 Å². The number of halogens is 2. The normalized spacial score (nSPS) is 20.2. The van der Waals surface area contributed by atoms with Gasteiger partial charge in [0.05, 0.1) is 12.1 Å². The maximum Gasteiger partial charge on any atom is 0.324 e. The van der Waals surface area contributed by atoms with Gasteiger partial charge in [0.1, 0.15) is 16.8 Å². The van der Waals surface area contributed by atoms with Gasteiger partial charge in [-0.1, -0.05) is 11.6 Å². The monoisotopic (exact) mass is 335 g/mol. The molecule has 116 valence electrons. The van der Waals surface area contributed by atoms with E-state index in [0.717, 1.165) is 28.9 Å². The Bertz CT molecular complexity index is 650. The number of benzene rings is 1. The average Bonchev–Trinajstić information content (AvgIpc) is 2.46. The van der Waals surface area contributed by atoms with Crippen LogP contribution in [-0.4, -0.2) is 38.4 Å². The van der Waals surface area contributed by atoms with Crippen molar-refractivity contribution in [1.82, 2.24) is 4.31 Å². The third-order valence-corrected chi connectivity index (χ3v) is 5.80. The summed E-state index contributed by atoms with van der Waals surface area (Å²) >= 11 is 5.83. The Balaban J connectivity index is 2.43. The van der Waals surface area contributed by atoms with Crippen LogP contribution in [0.4, 0.5) is 4.39 Å². The molecule has 2 rings (SSSR count). The van der Waals surface area contributed by atoms with Crippen LogP contribution in [0, 0.1) is 5.82 Å². The lowest BCUT2D eigenvalue weighted by molar-refractivity contribution is -0.146. The molecule has 0 saturated carbocycles. The number of carbonyl (C=O) groups is 1. The van der Waals surface area contributed by atoms with Crippen LogP contribution in [0.25, 0.3) is 0 Å². The minimum absolute atomic E-state index is 0.204. The number of esters is 1. The smallest absolute Gasteiger partial charge is 0.324 e. The number of piperidine rings is 1. The lowest BCUT2D eigenvalue weighted by Gasteiger charge is -2.32. The standard InChI is InChI=1S/C13H15ClFNO4S/c1-20-13(17)11-4-2-3-7-16(11)21(18,19)12-6-5-9(15)8-10(12)14/h5-6,8,11H,2-4,7H2,1H3/t11-/m1/s1. The Morgan fingerprint density at radius 2 is 2.14 bits per heavy atom. The minimum Gasteiger partial charge on any atom is -0.468 e. The van der Waals surface area contributed by atoms with Gasteiger partial charge in [0.15, 0.2) is 0 Å². The first-order valence-electron chi connectivity index (χ1n) is 6.42. The van der Waals surface area contributed by atoms with Crippen molar-refractivity contribution in [2.75, 3.05) is 13.7 Å². The summed E-state index contributed by atoms with van der Waals surface area (Å²) in [7, 11) is -2.76. The third-order valence-electron chi connectivity index (χ3n) is 3.41. The molecule has 1 heterocycles. The number of ether oxygens (including phenoxy) is 1. The number of nitrogens with zero attached hydrogens (tertiary/aromatic N) is 1. The molecule has 1 aliphatic rings. The molecule has 0 amide bonds. The summed E-state index contributed by atoms with van der Waals surface area (Å²) in [4.78, 5) is 11.6. The molecule has 1 aliphatic heterocycles. The summed E-state index contributed by atoms with van der Waals surface area (Å²) < 4.78 is 44.1. The van der Waals surface area contributed by atoms with Crippen molar-refractivity contribution in [3.8, 4) is 0 Å². The molecular formula is C13H15ClFNO4S. The Morgan fingerprint density at radius 3 is 2.76 bits per heavy atom. The molecule has 0 radical (unpaired) electrons. The number of rotatable bonds is 3. The fourth-order valence-corrected chi connectivity index (χ4v) is 4.53. The van der Waals surface area contributed by atoms with Crippen LogP contribution in [0.15, 0.2) is 23.1 Å². The van der Waals surface area contributed by atoms with E-state index in [4.69, 9.17) is 11.6 Å². The molecule has 8 heteroatoms. The van der Waals surface area contributed by atoms with Crippen LogP contribution in [0.3, 0.4) is 0 Å². The van der Waals surface area contributed by atoms with E-state index in [1.54, 1.807) is 0 Å². The SMILES string of the molecule is COC(=O)[C@H]1CCCCN1S(=O)(=O)c1ccc(F)cc1Cl. The second-order valence-corrected chi connectivity index (χ2v) is 6.99. The van der Waals surface area contributed by atoms with Gasteiger partial charge in [-0.25, -0.2) is 12.8 Å². The highest BCUT2D eigenvalue weighted by molar-refractivity contribution is 7.89. The van der Waals surface area contributed by atoms with Crippen molar-refractivity contribution >= 4 is 27.6 Å². The van der Waals surface area contributed by atoms with E-state index >= 15 is 0 Å². The Kier molecular flexibility index (Phi) is 4.85. The van der Waals surface area contributed by atoms with Crippen molar-refractivity contribution in [2.45, 2.75) is 30.2 Å². The predicted octanol–water partition coefficient (Wildman–Crippen LogP) is 2.20. The summed E-state index contributed by atoms with van der Waals surface area (Å²) in [6.45, 7) is 0.204. The van der Waals surface area contributed by atoms with Crippen LogP contribution >= 0.6 is 11.6 Å². The van der Waals surface area contributed by atoms with Crippen molar-refractivity contribution in [3.05, 3.63) is 29.0 Å². The summed E-state index contributed by atoms with van der Waals surface area (Å²) in [6, 6.07) is 2.20. The van der Waals surface area contributed by atoms with E-state index in [2.05, 4.69) is 4.74 Å². The molecule has 5 nitrogen and oxygen atoms in total. The third kappa shape index (κ3) is 3.20. The fraction of sp³-hybridized carbons (Fsp3) is 0.462. The van der Waals surface area contributed by atoms with E-state index in [-0.39, 0.29) is 16.5 Å². The maximum absolute atomic E-state index is 13.1. The van der Waals surface area contributed by atoms with Crippen molar-refractivity contribution in [3.63, 3.8) is 0 Å². The van der Waals surface area contributed by atoms with Gasteiger partial charge >= 0.3 is 5.97 Å². The van der Waals surface area contributed by atoms with Crippen LogP contribution in [0.5, 0.6) is 0 Å². The molecule has 0 unspecified atom stereocenters. The molecular weight excluding hydrogens is 321 g/mol. The van der Waals surface area contributed by atoms with Crippen molar-refractivity contribution in [1.29, 1.82) is 0 Å². The molecule has 21 heavy (non-hydrogen) atoms. The molecule has 0 aliphatic carbocycles. The number of methoxy groups -OCH3 is 1. The van der Waals surface area contributed by atoms with Gasteiger partial charge in [-0.2, -0.15) is 4.31 Å². The number of hydrogen-bond donors (Lipinski definition) is 0. The van der Waals surface area contributed by atoms with E-state index in [1.165, 1.54) is 7.11 Å². The molecule has 1 atom stereocenters. The van der Waals surface area contributed by atoms with Gasteiger partial charge in [0.25, 0.3) is 0 Å². The van der Waals surface area contributed by atoms with E-state index in [1.807, 2.05) is 0 Å². The van der Waals surface area contributed by atoms with Gasteiger partial charge < -0.3 is 4.74 Å². The molecule has 0 aromatic heterocycles. The zero-order chi connectivity index (χ0) is 15.6. The van der Waals surface area contributed by atoms with Crippen LogP contribution in [0.1, 0.15) is 19.3 Å². The zero-order valence-corrected chi connectivity index (χ0v) is 13.0. The second kappa shape index (κ2) is 6.29. The molecule has 0 bridgehead atoms. The summed E-state index contributed by atoms with van der Waals surface area (Å²) in [6.07, 6.45) is 1.78. The molecule has 1 fully saturated rings. The first-order chi connectivity index (χ1) is 9.87. The van der Waals surface area contributed by atoms with Gasteiger partial charge in [0, 0.05) is 6.54 Å². The van der Waals surface area contributed by atoms with Crippen molar-refractivity contribution in [2.24, 2.45) is 0 Å². The van der Waals surface area contributed by atoms with E-state index in [0.29, 0.717) is 12.8 Å². The number of sulfonamides is 1. The average molecular weight is 336 g/mol. The summed E-state index contributed by atoms with van der Waals surface area (Å²) in [5, 5.41) is -0.204. The first-order valence-corrected chi connectivity index (χ1v) is 8.24. The fourth-order valence-electron chi connectivity index (χ4n) is 2.38. The number of hydrogen-bond acceptors (Lipinski definition) is 4. The molecule has 0 spiro atoms. The predicted molar refractivity (Wildman–Crippen MR) is 75.0 cm³/mol. The molecule has 1 saturated heterocycles. The van der Waals surface area contributed by atoms with Gasteiger partial charge in [0.2, 0.25) is 10.0 Å². The van der Waals surface area contributed by atoms with Gasteiger partial charge in [-0.05, 0) is 37.5 Å². The highest BCUT2D eigenvalue weighted by atomic mass is 35.5. The Morgan fingerprint density at radius 1 is 1.43 bits per heavy atom. The van der Waals surface area contributed by atoms with Crippen LogP contribution in [0.2, 0.25) is 5.02 Å². The lowest BCUT2D eigenvalue weighted by Crippen LogP contribution is -2.48. The quantitative estimate of drug-likeness (QED) is 0.794. The maximum atomic E-state index is 13.1. The lowest BCUT2D eigenvalue weighted by atomic mass is 10.1. The van der Waals surface area contributed by atoms with E-state index < -0.39 is 27.9 Å². The highest BCUT2D eigenvalue weighted by Gasteiger charge is 2.39. The Hall–Kier alpha value is -1.18. The first kappa shape index (κ1) is 16.2. The highest BCUT2D eigenvalue weighted by Crippen LogP contribution is 2.30. The van der Waals surface area contributed by atoms with Gasteiger partial charge in [-0.15, -0.1) is 0 Å². The molecule has 1 aromatic carbocycles. The van der Waals surface area contributed by atoms with Gasteiger partial charge in [-0.3, -0.25) is 4.79 Å². The Labute approximate surface area is 127 Å². The second-order valence-electron chi connectivity index (χ2n) is 4.73. The molecule has 1 aromatic rings. The van der Waals surface area contributed by atoms with Crippen LogP contribution in [-0.2, 0) is 19.6 Å². The van der Waals surface area contributed by atoms with E-state index in [9.17, 15) is 17.6 Å².